The lowest BCUT2D eigenvalue weighted by molar-refractivity contribution is -0.0934. The lowest BCUT2D eigenvalue weighted by Crippen LogP contribution is -2.42. The fraction of sp³-hybridized carbons (Fsp3) is 0.464. The molecule has 1 spiro atoms. The van der Waals surface area contributed by atoms with Crippen LogP contribution in [0.2, 0.25) is 0 Å². The monoisotopic (exact) mass is 470 g/mol. The molecule has 0 radical (unpaired) electrons. The average molecular weight is 471 g/mol. The van der Waals surface area contributed by atoms with Crippen LogP contribution in [0.5, 0.6) is 0 Å². The number of nitrogens with zero attached hydrogens (tertiary/aromatic N) is 3. The average Bonchev–Trinajstić information content (AvgIpc) is 3.70. The predicted molar refractivity (Wildman–Crippen MR) is 131 cm³/mol. The van der Waals surface area contributed by atoms with Crippen molar-refractivity contribution in [3.63, 3.8) is 0 Å². The molecule has 2 aliphatic carbocycles. The van der Waals surface area contributed by atoms with Crippen molar-refractivity contribution in [2.45, 2.75) is 82.5 Å². The Balaban J connectivity index is 1.50. The van der Waals surface area contributed by atoms with Gasteiger partial charge in [-0.25, -0.2) is 4.98 Å². The van der Waals surface area contributed by atoms with Gasteiger partial charge < -0.3 is 19.4 Å². The zero-order valence-corrected chi connectivity index (χ0v) is 20.4. The minimum Gasteiger partial charge on any atom is -0.376 e. The molecule has 35 heavy (non-hydrogen) atoms. The molecule has 3 aliphatic rings. The molecule has 4 heterocycles. The van der Waals surface area contributed by atoms with Gasteiger partial charge in [0.1, 0.15) is 11.6 Å². The van der Waals surface area contributed by atoms with Crippen molar-refractivity contribution in [3.05, 3.63) is 64.6 Å². The highest BCUT2D eigenvalue weighted by atomic mass is 16.5. The van der Waals surface area contributed by atoms with E-state index in [0.717, 1.165) is 89.2 Å². The Morgan fingerprint density at radius 3 is 2.54 bits per heavy atom. The number of imidazole rings is 1. The van der Waals surface area contributed by atoms with E-state index >= 15 is 0 Å². The maximum absolute atomic E-state index is 12.8. The SMILES string of the molecule is Cc1cccc([C@@](O)(c2cc(-c3c(C)noc3C)cc3[nH]c(C4CC4)nc23)[C@@H]2CCC3(CC3)O2)n1. The summed E-state index contributed by atoms with van der Waals surface area (Å²) in [5.41, 5.74) is 5.08. The van der Waals surface area contributed by atoms with Crippen LogP contribution in [0.25, 0.3) is 22.2 Å². The summed E-state index contributed by atoms with van der Waals surface area (Å²) in [6.45, 7) is 5.83. The molecule has 2 saturated carbocycles. The largest absolute Gasteiger partial charge is 0.376 e. The first kappa shape index (κ1) is 21.3. The van der Waals surface area contributed by atoms with Crippen molar-refractivity contribution in [2.24, 2.45) is 0 Å². The maximum Gasteiger partial charge on any atom is 0.160 e. The number of aryl methyl sites for hydroxylation is 3. The van der Waals surface area contributed by atoms with Crippen LogP contribution >= 0.6 is 0 Å². The first-order valence-electron chi connectivity index (χ1n) is 12.7. The number of fused-ring (bicyclic) bond motifs is 1. The summed E-state index contributed by atoms with van der Waals surface area (Å²) < 4.78 is 12.1. The van der Waals surface area contributed by atoms with Gasteiger partial charge in [0.2, 0.25) is 0 Å². The predicted octanol–water partition coefficient (Wildman–Crippen LogP) is 5.36. The second-order valence-corrected chi connectivity index (χ2v) is 10.8. The van der Waals surface area contributed by atoms with E-state index in [2.05, 4.69) is 22.3 Å². The standard InChI is InChI=1S/C28H30N4O3/c1-15-5-4-6-22(29-15)28(33,23-9-10-27(34-23)11-12-27)20-13-19(24-16(2)32-35-17(24)3)14-21-25(20)31-26(30-21)18-7-8-18/h4-6,13-14,18,23,33H,7-12H2,1-3H3,(H,30,31)/t23-,28-/m0/s1. The highest BCUT2D eigenvalue weighted by Crippen LogP contribution is 2.54. The van der Waals surface area contributed by atoms with Crippen molar-refractivity contribution < 1.29 is 14.4 Å². The lowest BCUT2D eigenvalue weighted by atomic mass is 9.81. The van der Waals surface area contributed by atoms with Crippen molar-refractivity contribution in [1.29, 1.82) is 0 Å². The maximum atomic E-state index is 12.8. The van der Waals surface area contributed by atoms with Crippen LogP contribution in [0, 0.1) is 20.8 Å². The van der Waals surface area contributed by atoms with Crippen LogP contribution in [-0.4, -0.2) is 36.9 Å². The topological polar surface area (TPSA) is 97.1 Å². The van der Waals surface area contributed by atoms with Gasteiger partial charge in [-0.1, -0.05) is 11.2 Å². The molecule has 4 aromatic rings. The van der Waals surface area contributed by atoms with Crippen molar-refractivity contribution in [3.8, 4) is 11.1 Å². The summed E-state index contributed by atoms with van der Waals surface area (Å²) in [5.74, 6) is 2.20. The zero-order valence-electron chi connectivity index (χ0n) is 20.4. The molecule has 0 amide bonds. The smallest absolute Gasteiger partial charge is 0.160 e. The first-order chi connectivity index (χ1) is 16.9. The molecule has 1 aromatic carbocycles. The van der Waals surface area contributed by atoms with E-state index in [1.165, 1.54) is 0 Å². The van der Waals surface area contributed by atoms with Gasteiger partial charge in [0.05, 0.1) is 34.1 Å². The third-order valence-electron chi connectivity index (χ3n) is 8.11. The Labute approximate surface area is 203 Å². The summed E-state index contributed by atoms with van der Waals surface area (Å²) in [4.78, 5) is 13.4. The summed E-state index contributed by atoms with van der Waals surface area (Å²) in [6.07, 6.45) is 5.75. The molecule has 7 heteroatoms. The van der Waals surface area contributed by atoms with Gasteiger partial charge in [-0.15, -0.1) is 0 Å². The Morgan fingerprint density at radius 2 is 1.89 bits per heavy atom. The second-order valence-electron chi connectivity index (χ2n) is 10.8. The van der Waals surface area contributed by atoms with E-state index in [1.807, 2.05) is 39.0 Å². The van der Waals surface area contributed by atoms with Gasteiger partial charge in [0, 0.05) is 22.7 Å². The van der Waals surface area contributed by atoms with Crippen LogP contribution in [0.3, 0.4) is 0 Å². The summed E-state index contributed by atoms with van der Waals surface area (Å²) in [7, 11) is 0. The number of hydrogen-bond acceptors (Lipinski definition) is 6. The van der Waals surface area contributed by atoms with E-state index in [1.54, 1.807) is 0 Å². The number of nitrogens with one attached hydrogen (secondary N) is 1. The first-order valence-corrected chi connectivity index (χ1v) is 12.7. The van der Waals surface area contributed by atoms with E-state index in [0.29, 0.717) is 11.6 Å². The third-order valence-corrected chi connectivity index (χ3v) is 8.11. The highest BCUT2D eigenvalue weighted by Gasteiger charge is 2.57. The lowest BCUT2D eigenvalue weighted by Gasteiger charge is -2.34. The van der Waals surface area contributed by atoms with Gasteiger partial charge in [0.25, 0.3) is 0 Å². The van der Waals surface area contributed by atoms with E-state index < -0.39 is 11.7 Å². The minimum atomic E-state index is -1.44. The Morgan fingerprint density at radius 1 is 1.06 bits per heavy atom. The summed E-state index contributed by atoms with van der Waals surface area (Å²) in [5, 5.41) is 17.0. The quantitative estimate of drug-likeness (QED) is 0.407. The van der Waals surface area contributed by atoms with Gasteiger partial charge in [-0.2, -0.15) is 0 Å². The van der Waals surface area contributed by atoms with Gasteiger partial charge in [-0.05, 0) is 89.1 Å². The van der Waals surface area contributed by atoms with Gasteiger partial charge in [0.15, 0.2) is 5.60 Å². The number of aromatic amines is 1. The number of aliphatic hydroxyl groups is 1. The molecule has 2 N–H and O–H groups in total. The summed E-state index contributed by atoms with van der Waals surface area (Å²) >= 11 is 0. The van der Waals surface area contributed by atoms with E-state index in [9.17, 15) is 5.11 Å². The van der Waals surface area contributed by atoms with Crippen LogP contribution in [0.1, 0.15) is 78.7 Å². The number of pyridine rings is 1. The Hall–Kier alpha value is -3.03. The minimum absolute atomic E-state index is 0.0778. The zero-order chi connectivity index (χ0) is 23.9. The number of benzene rings is 1. The Bertz CT molecular complexity index is 1440. The molecule has 3 fully saturated rings. The fourth-order valence-electron chi connectivity index (χ4n) is 5.86. The molecular weight excluding hydrogens is 440 g/mol. The molecule has 7 nitrogen and oxygen atoms in total. The number of rotatable bonds is 5. The number of H-pyrrole nitrogens is 1. The van der Waals surface area contributed by atoms with Crippen molar-refractivity contribution in [2.75, 3.05) is 0 Å². The molecule has 1 aliphatic heterocycles. The molecule has 1 saturated heterocycles. The molecule has 0 bridgehead atoms. The molecule has 3 aromatic heterocycles. The second kappa shape index (κ2) is 7.24. The molecule has 180 valence electrons. The van der Waals surface area contributed by atoms with E-state index in [4.69, 9.17) is 19.2 Å². The van der Waals surface area contributed by atoms with Crippen LogP contribution < -0.4 is 0 Å². The number of ether oxygens (including phenoxy) is 1. The number of hydrogen-bond donors (Lipinski definition) is 2. The molecular formula is C28H30N4O3. The van der Waals surface area contributed by atoms with Crippen molar-refractivity contribution >= 4 is 11.0 Å². The van der Waals surface area contributed by atoms with E-state index in [-0.39, 0.29) is 5.60 Å². The third kappa shape index (κ3) is 3.28. The summed E-state index contributed by atoms with van der Waals surface area (Å²) in [6, 6.07) is 9.98. The van der Waals surface area contributed by atoms with Gasteiger partial charge in [-0.3, -0.25) is 4.98 Å². The van der Waals surface area contributed by atoms with Crippen LogP contribution in [-0.2, 0) is 10.3 Å². The van der Waals surface area contributed by atoms with Crippen LogP contribution in [0.15, 0.2) is 34.9 Å². The molecule has 7 rings (SSSR count). The van der Waals surface area contributed by atoms with Crippen molar-refractivity contribution in [1.82, 2.24) is 20.1 Å². The highest BCUT2D eigenvalue weighted by molar-refractivity contribution is 5.87. The molecule has 0 unspecified atom stereocenters. The van der Waals surface area contributed by atoms with Gasteiger partial charge >= 0.3 is 0 Å². The fourth-order valence-corrected chi connectivity index (χ4v) is 5.86. The Kier molecular flexibility index (Phi) is 4.40. The normalized spacial score (nSPS) is 22.7. The van der Waals surface area contributed by atoms with Crippen LogP contribution in [0.4, 0.5) is 0 Å². The number of aromatic nitrogens is 4. The molecule has 2 atom stereocenters.